The van der Waals surface area contributed by atoms with E-state index in [2.05, 4.69) is 10.6 Å². The van der Waals surface area contributed by atoms with E-state index in [-0.39, 0.29) is 12.6 Å². The summed E-state index contributed by atoms with van der Waals surface area (Å²) >= 11 is 0. The Hall–Kier alpha value is -3.32. The number of benzene rings is 2. The maximum absolute atomic E-state index is 12.6. The smallest absolute Gasteiger partial charge is 0.338 e. The first kappa shape index (κ1) is 21.4. The van der Waals surface area contributed by atoms with E-state index in [0.717, 1.165) is 11.1 Å². The number of hydrogen-bond donors (Lipinski definition) is 2. The van der Waals surface area contributed by atoms with Gasteiger partial charge in [0.05, 0.1) is 18.2 Å². The van der Waals surface area contributed by atoms with Crippen LogP contribution in [0.4, 0.5) is 4.79 Å². The van der Waals surface area contributed by atoms with Gasteiger partial charge in [0.1, 0.15) is 19.0 Å². The van der Waals surface area contributed by atoms with Gasteiger partial charge in [-0.25, -0.2) is 9.59 Å². The molecule has 7 heteroatoms. The van der Waals surface area contributed by atoms with Crippen LogP contribution >= 0.6 is 0 Å². The van der Waals surface area contributed by atoms with Crippen LogP contribution in [0.2, 0.25) is 0 Å². The van der Waals surface area contributed by atoms with E-state index in [1.807, 2.05) is 61.5 Å². The molecule has 0 fully saturated rings. The number of hydrogen-bond acceptors (Lipinski definition) is 5. The zero-order chi connectivity index (χ0) is 21.3. The van der Waals surface area contributed by atoms with Crippen molar-refractivity contribution in [3.63, 3.8) is 0 Å². The van der Waals surface area contributed by atoms with Gasteiger partial charge in [-0.2, -0.15) is 0 Å². The summed E-state index contributed by atoms with van der Waals surface area (Å²) in [6.07, 6.45) is 0. The van der Waals surface area contributed by atoms with Crippen molar-refractivity contribution in [1.82, 2.24) is 10.6 Å². The highest BCUT2D eigenvalue weighted by Gasteiger charge is 2.32. The Morgan fingerprint density at radius 2 is 1.77 bits per heavy atom. The molecule has 2 aromatic carbocycles. The van der Waals surface area contributed by atoms with Gasteiger partial charge in [-0.05, 0) is 37.1 Å². The maximum Gasteiger partial charge on any atom is 0.338 e. The third-order valence-electron chi connectivity index (χ3n) is 4.62. The molecule has 0 saturated heterocycles. The summed E-state index contributed by atoms with van der Waals surface area (Å²) in [5.74, 6) is 0.207. The zero-order valence-corrected chi connectivity index (χ0v) is 17.1. The lowest BCUT2D eigenvalue weighted by atomic mass is 9.95. The van der Waals surface area contributed by atoms with Crippen LogP contribution in [0.5, 0.6) is 5.75 Å². The van der Waals surface area contributed by atoms with Crippen LogP contribution in [0.1, 0.15) is 31.0 Å². The number of urea groups is 1. The number of rotatable bonds is 9. The maximum atomic E-state index is 12.6. The molecule has 2 N–H and O–H groups in total. The van der Waals surface area contributed by atoms with Crippen molar-refractivity contribution in [2.45, 2.75) is 26.5 Å². The lowest BCUT2D eigenvalue weighted by Crippen LogP contribution is -2.45. The first-order valence-electron chi connectivity index (χ1n) is 9.88. The van der Waals surface area contributed by atoms with Crippen LogP contribution in [0, 0.1) is 0 Å². The molecule has 1 aliphatic rings. The van der Waals surface area contributed by atoms with E-state index < -0.39 is 12.0 Å². The normalized spacial score (nSPS) is 15.9. The van der Waals surface area contributed by atoms with E-state index >= 15 is 0 Å². The summed E-state index contributed by atoms with van der Waals surface area (Å²) in [4.78, 5) is 24.6. The molecule has 0 bridgehead atoms. The lowest BCUT2D eigenvalue weighted by molar-refractivity contribution is -0.141. The summed E-state index contributed by atoms with van der Waals surface area (Å²) in [5.41, 5.74) is 2.66. The number of allylic oxidation sites excluding steroid dienone is 1. The summed E-state index contributed by atoms with van der Waals surface area (Å²) in [7, 11) is 0. The second-order valence-electron chi connectivity index (χ2n) is 6.75. The van der Waals surface area contributed by atoms with E-state index in [4.69, 9.17) is 14.2 Å². The zero-order valence-electron chi connectivity index (χ0n) is 17.1. The largest absolute Gasteiger partial charge is 0.489 e. The Balaban J connectivity index is 1.70. The number of ether oxygens (including phenoxy) is 3. The van der Waals surface area contributed by atoms with Crippen molar-refractivity contribution in [2.75, 3.05) is 19.8 Å². The minimum absolute atomic E-state index is 0.149. The number of nitrogens with one attached hydrogen (secondary N) is 2. The van der Waals surface area contributed by atoms with Gasteiger partial charge in [-0.3, -0.25) is 0 Å². The predicted molar refractivity (Wildman–Crippen MR) is 112 cm³/mol. The third kappa shape index (κ3) is 5.61. The van der Waals surface area contributed by atoms with Crippen LogP contribution in [0.15, 0.2) is 65.9 Å². The van der Waals surface area contributed by atoms with E-state index in [1.165, 1.54) is 0 Å². The first-order chi connectivity index (χ1) is 14.6. The van der Waals surface area contributed by atoms with Gasteiger partial charge in [0.15, 0.2) is 0 Å². The average Bonchev–Trinajstić information content (AvgIpc) is 2.76. The Bertz CT molecular complexity index is 894. The van der Waals surface area contributed by atoms with Crippen molar-refractivity contribution in [3.8, 4) is 5.75 Å². The van der Waals surface area contributed by atoms with Crippen LogP contribution in [-0.4, -0.2) is 31.8 Å². The first-order valence-corrected chi connectivity index (χ1v) is 9.88. The molecule has 7 nitrogen and oxygen atoms in total. The third-order valence-corrected chi connectivity index (χ3v) is 4.62. The molecule has 0 aliphatic carbocycles. The molecule has 0 saturated carbocycles. The molecule has 0 aromatic heterocycles. The minimum Gasteiger partial charge on any atom is -0.489 e. The highest BCUT2D eigenvalue weighted by molar-refractivity contribution is 5.95. The van der Waals surface area contributed by atoms with Crippen molar-refractivity contribution < 1.29 is 23.8 Å². The van der Waals surface area contributed by atoms with E-state index in [1.54, 1.807) is 6.92 Å². The summed E-state index contributed by atoms with van der Waals surface area (Å²) in [6, 6.07) is 16.2. The van der Waals surface area contributed by atoms with Gasteiger partial charge in [0, 0.05) is 12.3 Å². The Kier molecular flexibility index (Phi) is 7.45. The molecular formula is C23H26N2O5. The molecule has 158 valence electrons. The monoisotopic (exact) mass is 410 g/mol. The predicted octanol–water partition coefficient (Wildman–Crippen LogP) is 3.47. The van der Waals surface area contributed by atoms with Crippen molar-refractivity contribution in [2.24, 2.45) is 0 Å². The van der Waals surface area contributed by atoms with Crippen LogP contribution < -0.4 is 15.4 Å². The molecule has 0 radical (unpaired) electrons. The SMILES string of the molecule is CCOCCOC(=O)C1=C(C)NC(=O)N[C@H]1c1ccc(OCc2ccccc2)cc1. The Labute approximate surface area is 176 Å². The van der Waals surface area contributed by atoms with Crippen LogP contribution in [-0.2, 0) is 20.9 Å². The lowest BCUT2D eigenvalue weighted by Gasteiger charge is -2.28. The average molecular weight is 410 g/mol. The molecule has 1 atom stereocenters. The molecule has 2 amide bonds. The highest BCUT2D eigenvalue weighted by Crippen LogP contribution is 2.29. The second kappa shape index (κ2) is 10.5. The van der Waals surface area contributed by atoms with E-state index in [9.17, 15) is 9.59 Å². The number of esters is 1. The molecule has 2 aromatic rings. The van der Waals surface area contributed by atoms with Gasteiger partial charge in [0.2, 0.25) is 0 Å². The van der Waals surface area contributed by atoms with Gasteiger partial charge in [-0.15, -0.1) is 0 Å². The molecular weight excluding hydrogens is 384 g/mol. The summed E-state index contributed by atoms with van der Waals surface area (Å²) in [5, 5.41) is 5.43. The highest BCUT2D eigenvalue weighted by atomic mass is 16.6. The number of carbonyl (C=O) groups is 2. The Morgan fingerprint density at radius 3 is 2.47 bits per heavy atom. The number of amides is 2. The molecule has 1 heterocycles. The van der Waals surface area contributed by atoms with Gasteiger partial charge >= 0.3 is 12.0 Å². The molecule has 0 unspecified atom stereocenters. The number of carbonyl (C=O) groups excluding carboxylic acids is 2. The fourth-order valence-electron chi connectivity index (χ4n) is 3.13. The quantitative estimate of drug-likeness (QED) is 0.488. The fourth-order valence-corrected chi connectivity index (χ4v) is 3.13. The Morgan fingerprint density at radius 1 is 1.03 bits per heavy atom. The molecule has 3 rings (SSSR count). The van der Waals surface area contributed by atoms with Crippen LogP contribution in [0.25, 0.3) is 0 Å². The summed E-state index contributed by atoms with van der Waals surface area (Å²) in [6.45, 7) is 5.04. The molecule has 30 heavy (non-hydrogen) atoms. The molecule has 1 aliphatic heterocycles. The topological polar surface area (TPSA) is 85.9 Å². The van der Waals surface area contributed by atoms with Crippen molar-refractivity contribution in [3.05, 3.63) is 77.0 Å². The second-order valence-corrected chi connectivity index (χ2v) is 6.75. The van der Waals surface area contributed by atoms with Gasteiger partial charge in [-0.1, -0.05) is 42.5 Å². The summed E-state index contributed by atoms with van der Waals surface area (Å²) < 4.78 is 16.3. The minimum atomic E-state index is -0.610. The van der Waals surface area contributed by atoms with Gasteiger partial charge < -0.3 is 24.8 Å². The van der Waals surface area contributed by atoms with Crippen molar-refractivity contribution in [1.29, 1.82) is 0 Å². The van der Waals surface area contributed by atoms with Gasteiger partial charge in [0.25, 0.3) is 0 Å². The standard InChI is InChI=1S/C23H26N2O5/c1-3-28-13-14-29-22(26)20-16(2)24-23(27)25-21(20)18-9-11-19(12-10-18)30-15-17-7-5-4-6-8-17/h4-12,21H,3,13-15H2,1-2H3,(H2,24,25,27)/t21-/m0/s1. The fraction of sp³-hybridized carbons (Fsp3) is 0.304. The molecule has 0 spiro atoms. The van der Waals surface area contributed by atoms with E-state index in [0.29, 0.717) is 36.8 Å². The van der Waals surface area contributed by atoms with Crippen molar-refractivity contribution >= 4 is 12.0 Å². The van der Waals surface area contributed by atoms with Crippen LogP contribution in [0.3, 0.4) is 0 Å².